The molecule has 1 N–H and O–H groups in total. The zero-order valence-corrected chi connectivity index (χ0v) is 11.6. The number of aryl methyl sites for hydroxylation is 1. The zero-order valence-electron chi connectivity index (χ0n) is 11.6. The molecule has 0 saturated heterocycles. The molecule has 2 heteroatoms. The van der Waals surface area contributed by atoms with E-state index in [2.05, 4.69) is 32.9 Å². The second kappa shape index (κ2) is 5.54. The van der Waals surface area contributed by atoms with Gasteiger partial charge in [0.25, 0.3) is 0 Å². The average molecular weight is 236 g/mol. The highest BCUT2D eigenvalue weighted by molar-refractivity contribution is 5.36. The lowest BCUT2D eigenvalue weighted by molar-refractivity contribution is 0.0553. The third-order valence-electron chi connectivity index (χ3n) is 2.85. The van der Waals surface area contributed by atoms with Gasteiger partial charge in [-0.25, -0.2) is 0 Å². The van der Waals surface area contributed by atoms with E-state index < -0.39 is 5.60 Å². The molecule has 0 aliphatic heterocycles. The summed E-state index contributed by atoms with van der Waals surface area (Å²) in [6.45, 7) is 10.6. The van der Waals surface area contributed by atoms with Crippen molar-refractivity contribution in [2.45, 2.75) is 52.6 Å². The summed E-state index contributed by atoms with van der Waals surface area (Å²) in [6, 6.07) is 6.20. The minimum absolute atomic E-state index is 0.542. The monoisotopic (exact) mass is 236 g/mol. The molecular formula is C15H24O2. The summed E-state index contributed by atoms with van der Waals surface area (Å²) >= 11 is 0. The Kier molecular flexibility index (Phi) is 4.58. The first-order valence-electron chi connectivity index (χ1n) is 6.25. The maximum absolute atomic E-state index is 9.59. The smallest absolute Gasteiger partial charge is 0.119 e. The summed E-state index contributed by atoms with van der Waals surface area (Å²) in [5.74, 6) is 1.43. The van der Waals surface area contributed by atoms with Crippen LogP contribution in [0.3, 0.4) is 0 Å². The summed E-state index contributed by atoms with van der Waals surface area (Å²) in [4.78, 5) is 0. The summed E-state index contributed by atoms with van der Waals surface area (Å²) in [5, 5.41) is 9.59. The van der Waals surface area contributed by atoms with Crippen LogP contribution in [0.1, 0.15) is 51.2 Å². The topological polar surface area (TPSA) is 29.5 Å². The van der Waals surface area contributed by atoms with Crippen molar-refractivity contribution in [3.63, 3.8) is 0 Å². The van der Waals surface area contributed by atoms with Gasteiger partial charge in [-0.15, -0.1) is 0 Å². The van der Waals surface area contributed by atoms with Crippen LogP contribution < -0.4 is 4.74 Å². The number of hydrogen-bond acceptors (Lipinski definition) is 2. The van der Waals surface area contributed by atoms with E-state index >= 15 is 0 Å². The van der Waals surface area contributed by atoms with E-state index in [0.717, 1.165) is 5.75 Å². The van der Waals surface area contributed by atoms with Gasteiger partial charge in [-0.1, -0.05) is 19.9 Å². The third kappa shape index (κ3) is 4.78. The van der Waals surface area contributed by atoms with Gasteiger partial charge in [-0.3, -0.25) is 0 Å². The number of hydrogen-bond donors (Lipinski definition) is 1. The molecule has 0 spiro atoms. The van der Waals surface area contributed by atoms with Gasteiger partial charge in [0.15, 0.2) is 0 Å². The second-order valence-electron chi connectivity index (χ2n) is 5.58. The lowest BCUT2D eigenvalue weighted by Crippen LogP contribution is -2.21. The molecule has 0 aliphatic carbocycles. The van der Waals surface area contributed by atoms with Crippen molar-refractivity contribution in [3.8, 4) is 5.75 Å². The zero-order chi connectivity index (χ0) is 13.1. The lowest BCUT2D eigenvalue weighted by Gasteiger charge is -2.17. The Balaban J connectivity index is 2.59. The van der Waals surface area contributed by atoms with Gasteiger partial charge >= 0.3 is 0 Å². The van der Waals surface area contributed by atoms with Crippen LogP contribution in [-0.4, -0.2) is 17.3 Å². The maximum Gasteiger partial charge on any atom is 0.119 e. The molecule has 0 heterocycles. The minimum atomic E-state index is -0.660. The molecule has 1 aromatic rings. The van der Waals surface area contributed by atoms with Crippen molar-refractivity contribution in [3.05, 3.63) is 29.3 Å². The summed E-state index contributed by atoms with van der Waals surface area (Å²) in [7, 11) is 0. The molecule has 96 valence electrons. The van der Waals surface area contributed by atoms with E-state index in [1.165, 1.54) is 11.1 Å². The van der Waals surface area contributed by atoms with Crippen molar-refractivity contribution >= 4 is 0 Å². The van der Waals surface area contributed by atoms with Crippen LogP contribution in [0, 0.1) is 6.92 Å². The van der Waals surface area contributed by atoms with Crippen LogP contribution in [0.2, 0.25) is 0 Å². The Morgan fingerprint density at radius 1 is 1.29 bits per heavy atom. The molecule has 17 heavy (non-hydrogen) atoms. The standard InChI is InChI=1S/C15H24O2/c1-11(2)14-7-6-13(10-12(14)3)17-9-8-15(4,5)16/h6-7,10-11,16H,8-9H2,1-5H3. The quantitative estimate of drug-likeness (QED) is 0.845. The van der Waals surface area contributed by atoms with Crippen LogP contribution >= 0.6 is 0 Å². The first kappa shape index (κ1) is 14.0. The Morgan fingerprint density at radius 2 is 1.94 bits per heavy atom. The van der Waals surface area contributed by atoms with E-state index in [4.69, 9.17) is 4.74 Å². The van der Waals surface area contributed by atoms with E-state index in [9.17, 15) is 5.11 Å². The molecule has 0 aliphatic rings. The molecule has 0 bridgehead atoms. The number of aliphatic hydroxyl groups is 1. The number of ether oxygens (including phenoxy) is 1. The lowest BCUT2D eigenvalue weighted by atomic mass is 9.98. The van der Waals surface area contributed by atoms with Crippen molar-refractivity contribution in [2.24, 2.45) is 0 Å². The summed E-state index contributed by atoms with van der Waals surface area (Å²) in [6.07, 6.45) is 0.637. The molecule has 0 saturated carbocycles. The number of rotatable bonds is 5. The average Bonchev–Trinajstić information content (AvgIpc) is 2.15. The predicted molar refractivity (Wildman–Crippen MR) is 71.7 cm³/mol. The minimum Gasteiger partial charge on any atom is -0.493 e. The summed E-state index contributed by atoms with van der Waals surface area (Å²) < 4.78 is 5.64. The Hall–Kier alpha value is -1.02. The van der Waals surface area contributed by atoms with Crippen molar-refractivity contribution in [1.82, 2.24) is 0 Å². The van der Waals surface area contributed by atoms with Crippen LogP contribution in [0.4, 0.5) is 0 Å². The maximum atomic E-state index is 9.59. The van der Waals surface area contributed by atoms with Gasteiger partial charge in [0.05, 0.1) is 12.2 Å². The largest absolute Gasteiger partial charge is 0.493 e. The SMILES string of the molecule is Cc1cc(OCCC(C)(C)O)ccc1C(C)C. The second-order valence-corrected chi connectivity index (χ2v) is 5.58. The van der Waals surface area contributed by atoms with Gasteiger partial charge in [0.2, 0.25) is 0 Å². The molecule has 0 aromatic heterocycles. The Morgan fingerprint density at radius 3 is 2.41 bits per heavy atom. The van der Waals surface area contributed by atoms with E-state index in [1.807, 2.05) is 6.07 Å². The van der Waals surface area contributed by atoms with Crippen molar-refractivity contribution < 1.29 is 9.84 Å². The van der Waals surface area contributed by atoms with Gasteiger partial charge in [-0.05, 0) is 49.9 Å². The molecule has 0 radical (unpaired) electrons. The van der Waals surface area contributed by atoms with Crippen LogP contribution in [0.25, 0.3) is 0 Å². The highest BCUT2D eigenvalue weighted by atomic mass is 16.5. The van der Waals surface area contributed by atoms with Gasteiger partial charge in [0.1, 0.15) is 5.75 Å². The molecule has 0 atom stereocenters. The fourth-order valence-corrected chi connectivity index (χ4v) is 1.80. The molecular weight excluding hydrogens is 212 g/mol. The fraction of sp³-hybridized carbons (Fsp3) is 0.600. The third-order valence-corrected chi connectivity index (χ3v) is 2.85. The van der Waals surface area contributed by atoms with Crippen molar-refractivity contribution in [2.75, 3.05) is 6.61 Å². The highest BCUT2D eigenvalue weighted by Crippen LogP contribution is 2.23. The molecule has 1 rings (SSSR count). The van der Waals surface area contributed by atoms with Crippen LogP contribution in [-0.2, 0) is 0 Å². The van der Waals surface area contributed by atoms with E-state index in [-0.39, 0.29) is 0 Å². The van der Waals surface area contributed by atoms with E-state index in [0.29, 0.717) is 18.9 Å². The molecule has 1 aromatic carbocycles. The normalized spacial score (nSPS) is 11.9. The highest BCUT2D eigenvalue weighted by Gasteiger charge is 2.12. The fourth-order valence-electron chi connectivity index (χ4n) is 1.80. The van der Waals surface area contributed by atoms with Gasteiger partial charge in [-0.2, -0.15) is 0 Å². The van der Waals surface area contributed by atoms with Gasteiger partial charge in [0, 0.05) is 6.42 Å². The molecule has 0 amide bonds. The molecule has 0 fully saturated rings. The van der Waals surface area contributed by atoms with Crippen LogP contribution in [0.15, 0.2) is 18.2 Å². The predicted octanol–water partition coefficient (Wildman–Crippen LogP) is 3.66. The molecule has 0 unspecified atom stereocenters. The first-order valence-corrected chi connectivity index (χ1v) is 6.25. The van der Waals surface area contributed by atoms with Gasteiger partial charge < -0.3 is 9.84 Å². The van der Waals surface area contributed by atoms with Crippen molar-refractivity contribution in [1.29, 1.82) is 0 Å². The summed E-state index contributed by atoms with van der Waals surface area (Å²) in [5.41, 5.74) is 1.97. The molecule has 2 nitrogen and oxygen atoms in total. The first-order chi connectivity index (χ1) is 7.79. The van der Waals surface area contributed by atoms with Crippen LogP contribution in [0.5, 0.6) is 5.75 Å². The number of benzene rings is 1. The Labute approximate surface area is 105 Å². The van der Waals surface area contributed by atoms with E-state index in [1.54, 1.807) is 13.8 Å². The Bertz CT molecular complexity index is 362.